The average Bonchev–Trinajstić information content (AvgIpc) is 2.46. The summed E-state index contributed by atoms with van der Waals surface area (Å²) in [5.41, 5.74) is 1.91. The molecule has 0 bridgehead atoms. The summed E-state index contributed by atoms with van der Waals surface area (Å²) in [7, 11) is 1.56. The highest BCUT2D eigenvalue weighted by Crippen LogP contribution is 2.38. The van der Waals surface area contributed by atoms with Crippen molar-refractivity contribution in [1.29, 1.82) is 0 Å². The first-order valence-corrected chi connectivity index (χ1v) is 6.75. The van der Waals surface area contributed by atoms with Crippen LogP contribution in [0.1, 0.15) is 11.1 Å². The number of rotatable bonds is 5. The molecule has 0 spiro atoms. The first-order valence-electron chi connectivity index (χ1n) is 5.84. The summed E-state index contributed by atoms with van der Waals surface area (Å²) in [6.45, 7) is 0.466. The minimum atomic E-state index is 0.341. The number of alkyl halides is 1. The van der Waals surface area contributed by atoms with E-state index in [2.05, 4.69) is 0 Å². The van der Waals surface area contributed by atoms with Gasteiger partial charge in [-0.3, -0.25) is 0 Å². The maximum absolute atomic E-state index is 6.21. The Balaban J connectivity index is 2.19. The molecule has 0 heterocycles. The van der Waals surface area contributed by atoms with Gasteiger partial charge in [0.1, 0.15) is 6.61 Å². The van der Waals surface area contributed by atoms with Gasteiger partial charge in [-0.05, 0) is 17.2 Å². The van der Waals surface area contributed by atoms with E-state index in [1.807, 2.05) is 42.5 Å². The Morgan fingerprint density at radius 1 is 1.05 bits per heavy atom. The molecule has 4 heteroatoms. The number of ether oxygens (including phenoxy) is 2. The van der Waals surface area contributed by atoms with Crippen LogP contribution < -0.4 is 9.47 Å². The highest BCUT2D eigenvalue weighted by atomic mass is 35.5. The topological polar surface area (TPSA) is 18.5 Å². The quantitative estimate of drug-likeness (QED) is 0.747. The van der Waals surface area contributed by atoms with Gasteiger partial charge in [0.2, 0.25) is 0 Å². The summed E-state index contributed by atoms with van der Waals surface area (Å²) in [6.07, 6.45) is 0. The molecule has 2 aromatic carbocycles. The Kier molecular flexibility index (Phi) is 4.94. The summed E-state index contributed by atoms with van der Waals surface area (Å²) >= 11 is 12.0. The van der Waals surface area contributed by atoms with Gasteiger partial charge in [0.15, 0.2) is 11.5 Å². The summed E-state index contributed by atoms with van der Waals surface area (Å²) in [4.78, 5) is 0. The molecule has 0 aliphatic heterocycles. The SMILES string of the molecule is COc1c(OCc2ccccc2)ccc(CCl)c1Cl. The number of hydrogen-bond donors (Lipinski definition) is 0. The van der Waals surface area contributed by atoms with Crippen LogP contribution in [0.5, 0.6) is 11.5 Å². The van der Waals surface area contributed by atoms with Crippen molar-refractivity contribution in [3.8, 4) is 11.5 Å². The van der Waals surface area contributed by atoms with Crippen molar-refractivity contribution < 1.29 is 9.47 Å². The molecule has 0 saturated heterocycles. The zero-order valence-electron chi connectivity index (χ0n) is 10.5. The standard InChI is InChI=1S/C15H14Cl2O2/c1-18-15-13(8-7-12(9-16)14(15)17)19-10-11-5-3-2-4-6-11/h2-8H,9-10H2,1H3. The lowest BCUT2D eigenvalue weighted by molar-refractivity contribution is 0.284. The van der Waals surface area contributed by atoms with Gasteiger partial charge in [-0.25, -0.2) is 0 Å². The van der Waals surface area contributed by atoms with Crippen molar-refractivity contribution >= 4 is 23.2 Å². The molecular weight excluding hydrogens is 283 g/mol. The van der Waals surface area contributed by atoms with Crippen LogP contribution in [-0.4, -0.2) is 7.11 Å². The number of halogens is 2. The van der Waals surface area contributed by atoms with Gasteiger partial charge in [0, 0.05) is 5.88 Å². The molecule has 100 valence electrons. The molecular formula is C15H14Cl2O2. The van der Waals surface area contributed by atoms with Crippen molar-refractivity contribution in [2.24, 2.45) is 0 Å². The van der Waals surface area contributed by atoms with E-state index in [1.165, 1.54) is 0 Å². The number of benzene rings is 2. The summed E-state index contributed by atoms with van der Waals surface area (Å²) in [6, 6.07) is 13.6. The molecule has 2 nitrogen and oxygen atoms in total. The van der Waals surface area contributed by atoms with E-state index >= 15 is 0 Å². The van der Waals surface area contributed by atoms with E-state index in [1.54, 1.807) is 7.11 Å². The molecule has 0 saturated carbocycles. The molecule has 0 atom stereocenters. The molecule has 0 unspecified atom stereocenters. The van der Waals surface area contributed by atoms with Crippen molar-refractivity contribution in [3.05, 3.63) is 58.6 Å². The predicted molar refractivity (Wildman–Crippen MR) is 78.3 cm³/mol. The van der Waals surface area contributed by atoms with Crippen LogP contribution in [0.3, 0.4) is 0 Å². The molecule has 0 aliphatic carbocycles. The zero-order valence-corrected chi connectivity index (χ0v) is 12.0. The van der Waals surface area contributed by atoms with Gasteiger partial charge in [-0.2, -0.15) is 0 Å². The van der Waals surface area contributed by atoms with Gasteiger partial charge in [-0.15, -0.1) is 11.6 Å². The third-order valence-electron chi connectivity index (χ3n) is 2.73. The molecule has 2 aromatic rings. The normalized spacial score (nSPS) is 10.3. The maximum Gasteiger partial charge on any atom is 0.179 e. The largest absolute Gasteiger partial charge is 0.491 e. The minimum Gasteiger partial charge on any atom is -0.491 e. The number of hydrogen-bond acceptors (Lipinski definition) is 2. The lowest BCUT2D eigenvalue weighted by atomic mass is 10.2. The molecule has 0 aliphatic rings. The third kappa shape index (κ3) is 3.34. The second kappa shape index (κ2) is 6.69. The van der Waals surface area contributed by atoms with Gasteiger partial charge in [-0.1, -0.05) is 48.0 Å². The maximum atomic E-state index is 6.21. The molecule has 19 heavy (non-hydrogen) atoms. The molecule has 0 N–H and O–H groups in total. The van der Waals surface area contributed by atoms with Gasteiger partial charge in [0.05, 0.1) is 12.1 Å². The smallest absolute Gasteiger partial charge is 0.179 e. The first-order chi connectivity index (χ1) is 9.26. The molecule has 0 fully saturated rings. The van der Waals surface area contributed by atoms with Gasteiger partial charge in [0.25, 0.3) is 0 Å². The Morgan fingerprint density at radius 3 is 2.42 bits per heavy atom. The van der Waals surface area contributed by atoms with Crippen LogP contribution in [0, 0.1) is 0 Å². The molecule has 0 radical (unpaired) electrons. The van der Waals surface area contributed by atoms with Crippen molar-refractivity contribution in [2.45, 2.75) is 12.5 Å². The Bertz CT molecular complexity index is 541. The lowest BCUT2D eigenvalue weighted by Gasteiger charge is -2.13. The second-order valence-corrected chi connectivity index (χ2v) is 4.62. The zero-order chi connectivity index (χ0) is 13.7. The van der Waals surface area contributed by atoms with Crippen molar-refractivity contribution in [1.82, 2.24) is 0 Å². The van der Waals surface area contributed by atoms with E-state index < -0.39 is 0 Å². The van der Waals surface area contributed by atoms with Gasteiger partial charge < -0.3 is 9.47 Å². The van der Waals surface area contributed by atoms with Crippen LogP contribution in [0.2, 0.25) is 5.02 Å². The van der Waals surface area contributed by atoms with Crippen LogP contribution in [0.15, 0.2) is 42.5 Å². The molecule has 2 rings (SSSR count). The van der Waals surface area contributed by atoms with Gasteiger partial charge >= 0.3 is 0 Å². The van der Waals surface area contributed by atoms with E-state index in [4.69, 9.17) is 32.7 Å². The Hall–Kier alpha value is -1.38. The van der Waals surface area contributed by atoms with Crippen molar-refractivity contribution in [2.75, 3.05) is 7.11 Å². The Morgan fingerprint density at radius 2 is 1.79 bits per heavy atom. The summed E-state index contributed by atoms with van der Waals surface area (Å²) < 4.78 is 11.0. The Labute approximate surface area is 122 Å². The first kappa shape index (κ1) is 14.0. The molecule has 0 aromatic heterocycles. The fourth-order valence-corrected chi connectivity index (χ4v) is 2.31. The van der Waals surface area contributed by atoms with Crippen LogP contribution >= 0.6 is 23.2 Å². The summed E-state index contributed by atoms with van der Waals surface area (Å²) in [5, 5.41) is 0.503. The number of methoxy groups -OCH3 is 1. The lowest BCUT2D eigenvalue weighted by Crippen LogP contribution is -1.99. The second-order valence-electron chi connectivity index (χ2n) is 3.98. The van der Waals surface area contributed by atoms with E-state index in [-0.39, 0.29) is 0 Å². The van der Waals surface area contributed by atoms with Crippen molar-refractivity contribution in [3.63, 3.8) is 0 Å². The predicted octanol–water partition coefficient (Wildman–Crippen LogP) is 4.67. The van der Waals surface area contributed by atoms with Crippen LogP contribution in [0.4, 0.5) is 0 Å². The average molecular weight is 297 g/mol. The van der Waals surface area contributed by atoms with Crippen LogP contribution in [0.25, 0.3) is 0 Å². The summed E-state index contributed by atoms with van der Waals surface area (Å²) in [5.74, 6) is 1.48. The van der Waals surface area contributed by atoms with E-state index in [0.717, 1.165) is 11.1 Å². The van der Waals surface area contributed by atoms with Crippen LogP contribution in [-0.2, 0) is 12.5 Å². The highest BCUT2D eigenvalue weighted by Gasteiger charge is 2.13. The van der Waals surface area contributed by atoms with E-state index in [0.29, 0.717) is 29.0 Å². The monoisotopic (exact) mass is 296 g/mol. The molecule has 0 amide bonds. The highest BCUT2D eigenvalue weighted by molar-refractivity contribution is 6.33. The fraction of sp³-hybridized carbons (Fsp3) is 0.200. The fourth-order valence-electron chi connectivity index (χ4n) is 1.72. The third-order valence-corrected chi connectivity index (χ3v) is 3.43. The minimum absolute atomic E-state index is 0.341. The van der Waals surface area contributed by atoms with E-state index in [9.17, 15) is 0 Å².